The molecule has 1 fully saturated rings. The van der Waals surface area contributed by atoms with E-state index in [1.54, 1.807) is 0 Å². The van der Waals surface area contributed by atoms with E-state index in [1.165, 1.54) is 13.0 Å². The van der Waals surface area contributed by atoms with E-state index in [4.69, 9.17) is 9.84 Å². The fourth-order valence-corrected chi connectivity index (χ4v) is 2.11. The second-order valence-electron chi connectivity index (χ2n) is 3.83. The molecule has 0 saturated carbocycles. The summed E-state index contributed by atoms with van der Waals surface area (Å²) >= 11 is 0. The van der Waals surface area contributed by atoms with Crippen LogP contribution in [0.1, 0.15) is 13.3 Å². The van der Waals surface area contributed by atoms with Gasteiger partial charge in [0, 0.05) is 5.92 Å². The zero-order valence-corrected chi connectivity index (χ0v) is 8.10. The van der Waals surface area contributed by atoms with Crippen molar-refractivity contribution in [2.45, 2.75) is 19.4 Å². The molecule has 2 bridgehead atoms. The zero-order valence-electron chi connectivity index (χ0n) is 8.10. The fourth-order valence-electron chi connectivity index (χ4n) is 2.11. The van der Waals surface area contributed by atoms with Crippen LogP contribution < -0.4 is 0 Å². The maximum absolute atomic E-state index is 11.3. The van der Waals surface area contributed by atoms with Gasteiger partial charge in [0.15, 0.2) is 0 Å². The van der Waals surface area contributed by atoms with E-state index in [2.05, 4.69) is 0 Å². The molecule has 2 aliphatic heterocycles. The first-order valence-electron chi connectivity index (χ1n) is 4.66. The molecule has 0 aromatic carbocycles. The second kappa shape index (κ2) is 3.18. The molecule has 3 aliphatic rings. The minimum absolute atomic E-state index is 0.0945. The minimum Gasteiger partial charge on any atom is -0.478 e. The van der Waals surface area contributed by atoms with E-state index in [9.17, 15) is 14.4 Å². The molecule has 0 unspecified atom stereocenters. The van der Waals surface area contributed by atoms with Gasteiger partial charge >= 0.3 is 11.9 Å². The molecule has 0 amide bonds. The number of ketones is 1. The number of ether oxygens (including phenoxy) is 1. The van der Waals surface area contributed by atoms with Crippen LogP contribution in [0, 0.1) is 11.8 Å². The van der Waals surface area contributed by atoms with Crippen molar-refractivity contribution in [1.82, 2.24) is 0 Å². The quantitative estimate of drug-likeness (QED) is 0.656. The molecule has 15 heavy (non-hydrogen) atoms. The lowest BCUT2D eigenvalue weighted by Gasteiger charge is -2.37. The molecule has 5 heteroatoms. The van der Waals surface area contributed by atoms with Gasteiger partial charge in [-0.15, -0.1) is 0 Å². The number of rotatable bonds is 2. The standard InChI is InChI=1S/C10H10O5/c1-4(11)5-3-8-7(9(12)13)2-6(5)10(14)15-8/h2,5-6,8H,3H2,1H3,(H,12,13)/t5-,6-,8-/m1/s1. The molecular weight excluding hydrogens is 200 g/mol. The van der Waals surface area contributed by atoms with Crippen molar-refractivity contribution in [3.05, 3.63) is 11.6 Å². The van der Waals surface area contributed by atoms with Gasteiger partial charge in [0.1, 0.15) is 11.9 Å². The first kappa shape index (κ1) is 9.89. The summed E-state index contributed by atoms with van der Waals surface area (Å²) in [6.07, 6.45) is 0.895. The number of carboxylic acid groups (broad SMARTS) is 1. The van der Waals surface area contributed by atoms with E-state index in [0.717, 1.165) is 0 Å². The summed E-state index contributed by atoms with van der Waals surface area (Å²) in [6, 6.07) is 0. The molecule has 0 aromatic heterocycles. The molecule has 2 heterocycles. The Kier molecular flexibility index (Phi) is 2.10. The number of aliphatic carboxylic acids is 1. The zero-order chi connectivity index (χ0) is 11.2. The number of hydrogen-bond donors (Lipinski definition) is 1. The third kappa shape index (κ3) is 1.44. The maximum Gasteiger partial charge on any atom is 0.335 e. The molecule has 1 saturated heterocycles. The number of carbonyl (C=O) groups excluding carboxylic acids is 2. The van der Waals surface area contributed by atoms with Gasteiger partial charge in [-0.25, -0.2) is 4.79 Å². The van der Waals surface area contributed by atoms with Gasteiger partial charge in [-0.2, -0.15) is 0 Å². The Morgan fingerprint density at radius 2 is 2.20 bits per heavy atom. The van der Waals surface area contributed by atoms with Crippen molar-refractivity contribution in [3.8, 4) is 0 Å². The van der Waals surface area contributed by atoms with E-state index in [0.29, 0.717) is 6.42 Å². The minimum atomic E-state index is -1.08. The van der Waals surface area contributed by atoms with E-state index >= 15 is 0 Å². The number of hydrogen-bond acceptors (Lipinski definition) is 4. The number of carbonyl (C=O) groups is 3. The van der Waals surface area contributed by atoms with Crippen molar-refractivity contribution in [2.24, 2.45) is 11.8 Å². The highest BCUT2D eigenvalue weighted by molar-refractivity contribution is 5.95. The van der Waals surface area contributed by atoms with Crippen LogP contribution in [0.15, 0.2) is 11.6 Å². The molecule has 3 atom stereocenters. The molecule has 0 spiro atoms. The average molecular weight is 210 g/mol. The Morgan fingerprint density at radius 3 is 2.67 bits per heavy atom. The van der Waals surface area contributed by atoms with Crippen LogP contribution in [-0.4, -0.2) is 28.9 Å². The molecule has 80 valence electrons. The summed E-state index contributed by atoms with van der Waals surface area (Å²) in [5.74, 6) is -2.80. The van der Waals surface area contributed by atoms with Crippen molar-refractivity contribution < 1.29 is 24.2 Å². The van der Waals surface area contributed by atoms with Crippen molar-refractivity contribution in [3.63, 3.8) is 0 Å². The van der Waals surface area contributed by atoms with E-state index in [1.807, 2.05) is 0 Å². The van der Waals surface area contributed by atoms with Crippen LogP contribution in [0.4, 0.5) is 0 Å². The lowest BCUT2D eigenvalue weighted by atomic mass is 9.75. The van der Waals surface area contributed by atoms with Gasteiger partial charge in [-0.1, -0.05) is 6.08 Å². The van der Waals surface area contributed by atoms with Gasteiger partial charge in [0.05, 0.1) is 11.5 Å². The summed E-state index contributed by atoms with van der Waals surface area (Å²) < 4.78 is 4.90. The number of fused-ring (bicyclic) bond motifs is 2. The summed E-state index contributed by atoms with van der Waals surface area (Å²) in [7, 11) is 0. The van der Waals surface area contributed by atoms with Crippen LogP contribution >= 0.6 is 0 Å². The predicted octanol–water partition coefficient (Wildman–Crippen LogP) is 0.148. The van der Waals surface area contributed by atoms with Crippen LogP contribution in [0.25, 0.3) is 0 Å². The van der Waals surface area contributed by atoms with Crippen LogP contribution in [0.2, 0.25) is 0 Å². The summed E-state index contributed by atoms with van der Waals surface area (Å²) in [4.78, 5) is 33.3. The molecule has 0 radical (unpaired) electrons. The largest absolute Gasteiger partial charge is 0.478 e. The highest BCUT2D eigenvalue weighted by atomic mass is 16.5. The molecule has 0 aromatic rings. The third-order valence-corrected chi connectivity index (χ3v) is 2.91. The van der Waals surface area contributed by atoms with Crippen LogP contribution in [0.5, 0.6) is 0 Å². The highest BCUT2D eigenvalue weighted by Gasteiger charge is 2.47. The molecule has 1 aliphatic carbocycles. The van der Waals surface area contributed by atoms with Gasteiger partial charge < -0.3 is 9.84 Å². The van der Waals surface area contributed by atoms with Crippen molar-refractivity contribution in [2.75, 3.05) is 0 Å². The molecule has 5 nitrogen and oxygen atoms in total. The Labute approximate surface area is 85.7 Å². The van der Waals surface area contributed by atoms with Gasteiger partial charge in [0.25, 0.3) is 0 Å². The predicted molar refractivity (Wildman–Crippen MR) is 47.9 cm³/mol. The summed E-state index contributed by atoms with van der Waals surface area (Å²) in [5.41, 5.74) is 0.0945. The maximum atomic E-state index is 11.3. The van der Waals surface area contributed by atoms with Gasteiger partial charge in [-0.3, -0.25) is 9.59 Å². The average Bonchev–Trinajstić information content (AvgIpc) is 2.16. The van der Waals surface area contributed by atoms with E-state index < -0.39 is 29.9 Å². The third-order valence-electron chi connectivity index (χ3n) is 2.91. The monoisotopic (exact) mass is 210 g/mol. The molecule has 3 rings (SSSR count). The second-order valence-corrected chi connectivity index (χ2v) is 3.83. The van der Waals surface area contributed by atoms with Crippen molar-refractivity contribution in [1.29, 1.82) is 0 Å². The topological polar surface area (TPSA) is 80.7 Å². The molecular formula is C10H10O5. The number of esters is 1. The van der Waals surface area contributed by atoms with Crippen molar-refractivity contribution >= 4 is 17.7 Å². The highest BCUT2D eigenvalue weighted by Crippen LogP contribution is 2.38. The Balaban J connectivity index is 2.37. The Morgan fingerprint density at radius 1 is 1.53 bits per heavy atom. The normalized spacial score (nSPS) is 33.3. The van der Waals surface area contributed by atoms with Crippen LogP contribution in [-0.2, 0) is 19.1 Å². The van der Waals surface area contributed by atoms with Crippen LogP contribution in [0.3, 0.4) is 0 Å². The smallest absolute Gasteiger partial charge is 0.335 e. The SMILES string of the molecule is CC(=O)[C@H]1C[C@H]2OC(=O)[C@@H]1C=C2C(=O)O. The first-order valence-corrected chi connectivity index (χ1v) is 4.66. The van der Waals surface area contributed by atoms with Gasteiger partial charge in [-0.05, 0) is 13.3 Å². The lowest BCUT2D eigenvalue weighted by molar-refractivity contribution is -0.166. The molecule has 1 N–H and O–H groups in total. The summed E-state index contributed by atoms with van der Waals surface area (Å²) in [5, 5.41) is 8.83. The first-order chi connectivity index (χ1) is 7.00. The number of carboxylic acids is 1. The lowest BCUT2D eigenvalue weighted by Crippen LogP contribution is -2.46. The van der Waals surface area contributed by atoms with Gasteiger partial charge in [0.2, 0.25) is 0 Å². The Bertz CT molecular complexity index is 381. The fraction of sp³-hybridized carbons (Fsp3) is 0.500. The van der Waals surface area contributed by atoms with E-state index in [-0.39, 0.29) is 11.4 Å². The number of Topliss-reactive ketones (excluding diaryl/α,β-unsaturated/α-hetero) is 1. The summed E-state index contributed by atoms with van der Waals surface area (Å²) in [6.45, 7) is 1.41. The Hall–Kier alpha value is -1.65.